The van der Waals surface area contributed by atoms with Crippen LogP contribution in [-0.4, -0.2) is 31.2 Å². The van der Waals surface area contributed by atoms with Gasteiger partial charge in [0.15, 0.2) is 11.5 Å². The summed E-state index contributed by atoms with van der Waals surface area (Å²) in [7, 11) is 0. The van der Waals surface area contributed by atoms with Crippen molar-refractivity contribution in [3.8, 4) is 11.5 Å². The smallest absolute Gasteiger partial charge is 0.231 e. The SMILES string of the molecule is CC(NCC(O)COCc1ccc2c(c1)OCO2)c1ccccc1. The Morgan fingerprint density at radius 3 is 2.75 bits per heavy atom. The third-order valence-corrected chi connectivity index (χ3v) is 3.98. The number of ether oxygens (including phenoxy) is 3. The fourth-order valence-corrected chi connectivity index (χ4v) is 2.57. The summed E-state index contributed by atoms with van der Waals surface area (Å²) < 4.78 is 16.2. The van der Waals surface area contributed by atoms with E-state index in [1.807, 2.05) is 36.4 Å². The van der Waals surface area contributed by atoms with Crippen LogP contribution in [0.1, 0.15) is 24.1 Å². The van der Waals surface area contributed by atoms with Gasteiger partial charge in [0.05, 0.1) is 19.3 Å². The largest absolute Gasteiger partial charge is 0.454 e. The topological polar surface area (TPSA) is 60.0 Å². The van der Waals surface area contributed by atoms with Crippen LogP contribution in [0.2, 0.25) is 0 Å². The molecule has 0 aliphatic carbocycles. The van der Waals surface area contributed by atoms with Crippen LogP contribution >= 0.6 is 0 Å². The summed E-state index contributed by atoms with van der Waals surface area (Å²) in [6.45, 7) is 3.54. The van der Waals surface area contributed by atoms with Crippen LogP contribution in [0.4, 0.5) is 0 Å². The van der Waals surface area contributed by atoms with E-state index in [2.05, 4.69) is 24.4 Å². The van der Waals surface area contributed by atoms with E-state index in [0.29, 0.717) is 13.2 Å². The Morgan fingerprint density at radius 2 is 1.92 bits per heavy atom. The Hall–Kier alpha value is -2.08. The normalized spacial score (nSPS) is 15.2. The summed E-state index contributed by atoms with van der Waals surface area (Å²) >= 11 is 0. The molecule has 2 unspecified atom stereocenters. The monoisotopic (exact) mass is 329 g/mol. The first-order valence-electron chi connectivity index (χ1n) is 8.15. The summed E-state index contributed by atoms with van der Waals surface area (Å²) in [5.74, 6) is 1.51. The molecule has 24 heavy (non-hydrogen) atoms. The molecule has 3 rings (SSSR count). The van der Waals surface area contributed by atoms with Crippen molar-refractivity contribution in [2.24, 2.45) is 0 Å². The third kappa shape index (κ3) is 4.47. The summed E-state index contributed by atoms with van der Waals surface area (Å²) in [6, 6.07) is 16.1. The van der Waals surface area contributed by atoms with Gasteiger partial charge in [-0.25, -0.2) is 0 Å². The molecule has 1 aliphatic heterocycles. The van der Waals surface area contributed by atoms with E-state index < -0.39 is 6.10 Å². The van der Waals surface area contributed by atoms with Gasteiger partial charge in [0.2, 0.25) is 6.79 Å². The number of fused-ring (bicyclic) bond motifs is 1. The highest BCUT2D eigenvalue weighted by Crippen LogP contribution is 2.32. The third-order valence-electron chi connectivity index (χ3n) is 3.98. The quantitative estimate of drug-likeness (QED) is 0.780. The molecule has 2 aromatic rings. The van der Waals surface area contributed by atoms with Crippen LogP contribution in [0.15, 0.2) is 48.5 Å². The average molecular weight is 329 g/mol. The van der Waals surface area contributed by atoms with Crippen LogP contribution in [0.25, 0.3) is 0 Å². The first kappa shape index (κ1) is 16.8. The minimum atomic E-state index is -0.551. The number of hydrogen-bond acceptors (Lipinski definition) is 5. The lowest BCUT2D eigenvalue weighted by molar-refractivity contribution is 0.0278. The highest BCUT2D eigenvalue weighted by atomic mass is 16.7. The number of benzene rings is 2. The summed E-state index contributed by atoms with van der Waals surface area (Å²) in [4.78, 5) is 0. The fourth-order valence-electron chi connectivity index (χ4n) is 2.57. The predicted molar refractivity (Wildman–Crippen MR) is 91.1 cm³/mol. The molecule has 0 bridgehead atoms. The zero-order valence-corrected chi connectivity index (χ0v) is 13.8. The average Bonchev–Trinajstić information content (AvgIpc) is 3.08. The van der Waals surface area contributed by atoms with Crippen LogP contribution < -0.4 is 14.8 Å². The molecule has 0 spiro atoms. The van der Waals surface area contributed by atoms with Crippen LogP contribution in [0.5, 0.6) is 11.5 Å². The molecular formula is C19H23NO4. The molecule has 2 atom stereocenters. The molecule has 0 radical (unpaired) electrons. The summed E-state index contributed by atoms with van der Waals surface area (Å²) in [6.07, 6.45) is -0.551. The Balaban J connectivity index is 1.37. The van der Waals surface area contributed by atoms with Crippen molar-refractivity contribution >= 4 is 0 Å². The van der Waals surface area contributed by atoms with Gasteiger partial charge in [-0.3, -0.25) is 0 Å². The molecule has 1 aliphatic rings. The van der Waals surface area contributed by atoms with Gasteiger partial charge in [-0.1, -0.05) is 36.4 Å². The minimum Gasteiger partial charge on any atom is -0.454 e. The van der Waals surface area contributed by atoms with Crippen molar-refractivity contribution in [2.75, 3.05) is 19.9 Å². The Labute approximate surface area is 142 Å². The van der Waals surface area contributed by atoms with Gasteiger partial charge in [0.1, 0.15) is 0 Å². The van der Waals surface area contributed by atoms with E-state index in [1.54, 1.807) is 0 Å². The van der Waals surface area contributed by atoms with Gasteiger partial charge < -0.3 is 24.6 Å². The van der Waals surface area contributed by atoms with Crippen molar-refractivity contribution < 1.29 is 19.3 Å². The lowest BCUT2D eigenvalue weighted by Crippen LogP contribution is -2.32. The molecule has 0 saturated heterocycles. The second-order valence-corrected chi connectivity index (χ2v) is 5.90. The molecule has 2 aromatic carbocycles. The van der Waals surface area contributed by atoms with Gasteiger partial charge in [-0.15, -0.1) is 0 Å². The molecule has 5 heteroatoms. The summed E-state index contributed by atoms with van der Waals surface area (Å²) in [5, 5.41) is 13.4. The molecule has 0 saturated carbocycles. The Morgan fingerprint density at radius 1 is 1.12 bits per heavy atom. The van der Waals surface area contributed by atoms with Crippen molar-refractivity contribution in [1.29, 1.82) is 0 Å². The number of aliphatic hydroxyl groups excluding tert-OH is 1. The number of rotatable bonds is 8. The van der Waals surface area contributed by atoms with Crippen molar-refractivity contribution in [3.05, 3.63) is 59.7 Å². The van der Waals surface area contributed by atoms with Gasteiger partial charge in [-0.05, 0) is 30.2 Å². The van der Waals surface area contributed by atoms with Crippen molar-refractivity contribution in [3.63, 3.8) is 0 Å². The zero-order valence-electron chi connectivity index (χ0n) is 13.8. The Kier molecular flexibility index (Phi) is 5.69. The first-order chi connectivity index (χ1) is 11.7. The predicted octanol–water partition coefficient (Wildman–Crippen LogP) is 2.64. The second kappa shape index (κ2) is 8.15. The molecular weight excluding hydrogens is 306 g/mol. The maximum Gasteiger partial charge on any atom is 0.231 e. The van der Waals surface area contributed by atoms with Gasteiger partial charge >= 0.3 is 0 Å². The van der Waals surface area contributed by atoms with Gasteiger partial charge in [0.25, 0.3) is 0 Å². The lowest BCUT2D eigenvalue weighted by Gasteiger charge is -2.17. The number of hydrogen-bond donors (Lipinski definition) is 2. The minimum absolute atomic E-state index is 0.190. The van der Waals surface area contributed by atoms with Crippen LogP contribution in [0, 0.1) is 0 Å². The Bertz CT molecular complexity index is 647. The van der Waals surface area contributed by atoms with Gasteiger partial charge in [-0.2, -0.15) is 0 Å². The van der Waals surface area contributed by atoms with Crippen molar-refractivity contribution in [2.45, 2.75) is 25.7 Å². The van der Waals surface area contributed by atoms with E-state index in [-0.39, 0.29) is 19.4 Å². The van der Waals surface area contributed by atoms with Crippen molar-refractivity contribution in [1.82, 2.24) is 5.32 Å². The van der Waals surface area contributed by atoms with E-state index in [1.165, 1.54) is 5.56 Å². The molecule has 0 amide bonds. The second-order valence-electron chi connectivity index (χ2n) is 5.90. The van der Waals surface area contributed by atoms with E-state index in [4.69, 9.17) is 14.2 Å². The lowest BCUT2D eigenvalue weighted by atomic mass is 10.1. The molecule has 5 nitrogen and oxygen atoms in total. The number of nitrogens with one attached hydrogen (secondary N) is 1. The van der Waals surface area contributed by atoms with E-state index >= 15 is 0 Å². The maximum atomic E-state index is 10.0. The van der Waals surface area contributed by atoms with Crippen LogP contribution in [-0.2, 0) is 11.3 Å². The zero-order chi connectivity index (χ0) is 16.8. The highest BCUT2D eigenvalue weighted by Gasteiger charge is 2.13. The first-order valence-corrected chi connectivity index (χ1v) is 8.15. The van der Waals surface area contributed by atoms with E-state index in [9.17, 15) is 5.11 Å². The highest BCUT2D eigenvalue weighted by molar-refractivity contribution is 5.44. The molecule has 128 valence electrons. The molecule has 2 N–H and O–H groups in total. The molecule has 0 fully saturated rings. The van der Waals surface area contributed by atoms with Crippen LogP contribution in [0.3, 0.4) is 0 Å². The molecule has 1 heterocycles. The molecule has 0 aromatic heterocycles. The maximum absolute atomic E-state index is 10.0. The fraction of sp³-hybridized carbons (Fsp3) is 0.368. The van der Waals surface area contributed by atoms with E-state index in [0.717, 1.165) is 17.1 Å². The standard InChI is InChI=1S/C19H23NO4/c1-14(16-5-3-2-4-6-16)20-10-17(21)12-22-11-15-7-8-18-19(9-15)24-13-23-18/h2-9,14,17,20-21H,10-13H2,1H3. The summed E-state index contributed by atoms with van der Waals surface area (Å²) in [5.41, 5.74) is 2.20. The number of aliphatic hydroxyl groups is 1. The van der Waals surface area contributed by atoms with Gasteiger partial charge in [0, 0.05) is 12.6 Å².